The van der Waals surface area contributed by atoms with Crippen LogP contribution in [0.25, 0.3) is 0 Å². The van der Waals surface area contributed by atoms with E-state index in [2.05, 4.69) is 13.6 Å². The minimum Gasteiger partial charge on any atom is -0.451 e. The summed E-state index contributed by atoms with van der Waals surface area (Å²) in [5.74, 6) is 0. The number of aromatic nitrogens is 1. The van der Waals surface area contributed by atoms with Gasteiger partial charge in [0.25, 0.3) is 10.1 Å². The van der Waals surface area contributed by atoms with Crippen LogP contribution in [0.5, 0.6) is 0 Å². The van der Waals surface area contributed by atoms with E-state index in [-0.39, 0.29) is 6.61 Å². The van der Waals surface area contributed by atoms with Gasteiger partial charge in [-0.25, -0.2) is 4.98 Å². The van der Waals surface area contributed by atoms with Crippen LogP contribution in [0.15, 0.2) is 17.1 Å². The van der Waals surface area contributed by atoms with Gasteiger partial charge < -0.3 is 4.42 Å². The van der Waals surface area contributed by atoms with Gasteiger partial charge in [-0.15, -0.1) is 0 Å². The lowest BCUT2D eigenvalue weighted by Gasteiger charge is -1.94. The normalized spacial score (nSPS) is 11.7. The van der Waals surface area contributed by atoms with Crippen molar-refractivity contribution in [2.24, 2.45) is 0 Å². The lowest BCUT2D eigenvalue weighted by atomic mass is 10.5. The third-order valence-electron chi connectivity index (χ3n) is 0.904. The van der Waals surface area contributed by atoms with Crippen LogP contribution in [-0.4, -0.2) is 19.7 Å². The predicted molar refractivity (Wildman–Crippen MR) is 36.1 cm³/mol. The molecule has 1 heterocycles. The molecule has 1 aromatic rings. The highest BCUT2D eigenvalue weighted by atomic mass is 32.2. The van der Waals surface area contributed by atoms with Gasteiger partial charge >= 0.3 is 0 Å². The molecule has 0 radical (unpaired) electrons. The minimum absolute atomic E-state index is 0.0741. The summed E-state index contributed by atoms with van der Waals surface area (Å²) in [7, 11) is -3.38. The van der Waals surface area contributed by atoms with Crippen molar-refractivity contribution >= 4 is 10.1 Å². The molecule has 0 atom stereocenters. The maximum Gasteiger partial charge on any atom is 0.264 e. The molecular weight excluding hydrogens is 170 g/mol. The Morgan fingerprint density at radius 3 is 2.91 bits per heavy atom. The molecule has 0 saturated carbocycles. The first-order chi connectivity index (χ1) is 5.08. The van der Waals surface area contributed by atoms with E-state index in [1.807, 2.05) is 0 Å². The summed E-state index contributed by atoms with van der Waals surface area (Å²) >= 11 is 0. The van der Waals surface area contributed by atoms with Crippen LogP contribution >= 0.6 is 0 Å². The highest BCUT2D eigenvalue weighted by molar-refractivity contribution is 7.85. The molecule has 1 aromatic heterocycles. The average molecular weight is 177 g/mol. The van der Waals surface area contributed by atoms with E-state index in [9.17, 15) is 8.42 Å². The Kier molecular flexibility index (Phi) is 2.25. The van der Waals surface area contributed by atoms with Crippen molar-refractivity contribution < 1.29 is 17.0 Å². The highest BCUT2D eigenvalue weighted by Gasteiger charge is 2.03. The summed E-state index contributed by atoms with van der Waals surface area (Å²) in [4.78, 5) is 3.66. The summed E-state index contributed by atoms with van der Waals surface area (Å²) in [5, 5.41) is 0. The fourth-order valence-corrected chi connectivity index (χ4v) is 0.811. The van der Waals surface area contributed by atoms with E-state index in [1.54, 1.807) is 0 Å². The smallest absolute Gasteiger partial charge is 0.264 e. The van der Waals surface area contributed by atoms with Crippen LogP contribution in [0.1, 0.15) is 5.69 Å². The van der Waals surface area contributed by atoms with E-state index < -0.39 is 10.1 Å². The summed E-state index contributed by atoms with van der Waals surface area (Å²) in [6.45, 7) is -0.0741. The van der Waals surface area contributed by atoms with Crippen molar-refractivity contribution in [1.29, 1.82) is 0 Å². The fourth-order valence-electron chi connectivity index (χ4n) is 0.476. The van der Waals surface area contributed by atoms with E-state index in [0.29, 0.717) is 5.69 Å². The summed E-state index contributed by atoms with van der Waals surface area (Å²) in [6, 6.07) is 0. The molecule has 6 heteroatoms. The zero-order chi connectivity index (χ0) is 8.32. The monoisotopic (exact) mass is 177 g/mol. The number of nitrogens with zero attached hydrogens (tertiary/aromatic N) is 1. The van der Waals surface area contributed by atoms with Crippen LogP contribution in [0.3, 0.4) is 0 Å². The van der Waals surface area contributed by atoms with Gasteiger partial charge in [0.15, 0.2) is 6.39 Å². The highest BCUT2D eigenvalue weighted by Crippen LogP contribution is 1.99. The van der Waals surface area contributed by atoms with Gasteiger partial charge in [-0.3, -0.25) is 4.18 Å². The van der Waals surface area contributed by atoms with Crippen molar-refractivity contribution in [2.45, 2.75) is 6.61 Å². The lowest BCUT2D eigenvalue weighted by Crippen LogP contribution is -2.02. The maximum absolute atomic E-state index is 10.4. The third kappa shape index (κ3) is 3.15. The minimum atomic E-state index is -3.38. The molecule has 0 bridgehead atoms. The lowest BCUT2D eigenvalue weighted by molar-refractivity contribution is 0.307. The number of rotatable bonds is 3. The number of hydrogen-bond acceptors (Lipinski definition) is 5. The summed E-state index contributed by atoms with van der Waals surface area (Å²) in [6.07, 6.45) is 3.51. The molecule has 0 aliphatic rings. The molecule has 11 heavy (non-hydrogen) atoms. The molecule has 0 N–H and O–H groups in total. The number of hydrogen-bond donors (Lipinski definition) is 0. The number of oxazole rings is 1. The molecule has 0 aromatic carbocycles. The van der Waals surface area contributed by atoms with Crippen molar-refractivity contribution in [1.82, 2.24) is 4.98 Å². The molecular formula is C5H7NO4S. The Balaban J connectivity index is 2.48. The molecule has 0 aliphatic carbocycles. The molecule has 0 spiro atoms. The van der Waals surface area contributed by atoms with E-state index in [4.69, 9.17) is 0 Å². The van der Waals surface area contributed by atoms with Crippen LogP contribution in [0.2, 0.25) is 0 Å². The van der Waals surface area contributed by atoms with Gasteiger partial charge in [0.2, 0.25) is 0 Å². The van der Waals surface area contributed by atoms with Gasteiger partial charge in [-0.05, 0) is 0 Å². The van der Waals surface area contributed by atoms with Crippen LogP contribution < -0.4 is 0 Å². The maximum atomic E-state index is 10.4. The Morgan fingerprint density at radius 2 is 2.45 bits per heavy atom. The topological polar surface area (TPSA) is 69.4 Å². The second-order valence-corrected chi connectivity index (χ2v) is 3.59. The zero-order valence-corrected chi connectivity index (χ0v) is 6.67. The van der Waals surface area contributed by atoms with E-state index >= 15 is 0 Å². The summed E-state index contributed by atoms with van der Waals surface area (Å²) < 4.78 is 29.9. The van der Waals surface area contributed by atoms with Crippen molar-refractivity contribution in [3.63, 3.8) is 0 Å². The molecule has 0 saturated heterocycles. The first-order valence-corrected chi connectivity index (χ1v) is 4.61. The second kappa shape index (κ2) is 3.02. The van der Waals surface area contributed by atoms with Gasteiger partial charge in [0.1, 0.15) is 18.6 Å². The average Bonchev–Trinajstić information content (AvgIpc) is 2.32. The molecule has 0 unspecified atom stereocenters. The van der Waals surface area contributed by atoms with Crippen molar-refractivity contribution in [3.05, 3.63) is 18.4 Å². The molecule has 1 rings (SSSR count). The third-order valence-corrected chi connectivity index (χ3v) is 1.45. The molecule has 0 fully saturated rings. The Hall–Kier alpha value is -0.880. The van der Waals surface area contributed by atoms with Crippen LogP contribution in [0.4, 0.5) is 0 Å². The van der Waals surface area contributed by atoms with Crippen LogP contribution in [0, 0.1) is 0 Å². The fraction of sp³-hybridized carbons (Fsp3) is 0.400. The Morgan fingerprint density at radius 1 is 1.73 bits per heavy atom. The molecule has 0 aliphatic heterocycles. The quantitative estimate of drug-likeness (QED) is 0.615. The molecule has 62 valence electrons. The second-order valence-electron chi connectivity index (χ2n) is 1.95. The van der Waals surface area contributed by atoms with Gasteiger partial charge in [-0.2, -0.15) is 8.42 Å². The standard InChI is InChI=1S/C5H7NO4S/c1-11(7,8)10-3-5-2-9-4-6-5/h2,4H,3H2,1H3. The largest absolute Gasteiger partial charge is 0.451 e. The first-order valence-electron chi connectivity index (χ1n) is 2.79. The van der Waals surface area contributed by atoms with E-state index in [1.165, 1.54) is 12.7 Å². The van der Waals surface area contributed by atoms with Gasteiger partial charge in [0.05, 0.1) is 6.26 Å². The molecule has 0 amide bonds. The zero-order valence-electron chi connectivity index (χ0n) is 5.85. The van der Waals surface area contributed by atoms with Gasteiger partial charge in [0, 0.05) is 0 Å². The molecule has 5 nitrogen and oxygen atoms in total. The predicted octanol–water partition coefficient (Wildman–Crippen LogP) is 0.151. The van der Waals surface area contributed by atoms with E-state index in [0.717, 1.165) is 6.26 Å². The van der Waals surface area contributed by atoms with Gasteiger partial charge in [-0.1, -0.05) is 0 Å². The summed E-state index contributed by atoms with van der Waals surface area (Å²) in [5.41, 5.74) is 0.454. The van der Waals surface area contributed by atoms with Crippen molar-refractivity contribution in [2.75, 3.05) is 6.26 Å². The Labute approximate surface area is 64.1 Å². The Bertz CT molecular complexity index is 301. The first kappa shape index (κ1) is 8.22. The van der Waals surface area contributed by atoms with Crippen LogP contribution in [-0.2, 0) is 20.9 Å². The van der Waals surface area contributed by atoms with Crippen molar-refractivity contribution in [3.8, 4) is 0 Å². The SMILES string of the molecule is CS(=O)(=O)OCc1cocn1.